The molecule has 1 fully saturated rings. The first-order valence-corrected chi connectivity index (χ1v) is 6.07. The van der Waals surface area contributed by atoms with Gasteiger partial charge in [0.05, 0.1) is 28.3 Å². The predicted octanol–water partition coefficient (Wildman–Crippen LogP) is 2.08. The van der Waals surface area contributed by atoms with Crippen LogP contribution >= 0.6 is 0 Å². The Balaban J connectivity index is 2.34. The molecule has 0 N–H and O–H groups in total. The maximum absolute atomic E-state index is 10.7. The van der Waals surface area contributed by atoms with Crippen molar-refractivity contribution in [2.24, 2.45) is 0 Å². The van der Waals surface area contributed by atoms with Crippen LogP contribution in [-0.2, 0) is 4.74 Å². The summed E-state index contributed by atoms with van der Waals surface area (Å²) in [5, 5.41) is 19.9. The van der Waals surface area contributed by atoms with E-state index in [9.17, 15) is 10.1 Å². The molecule has 0 saturated carbocycles. The first-order valence-electron chi connectivity index (χ1n) is 6.07. The Hall–Kier alpha value is -2.13. The minimum Gasteiger partial charge on any atom is -0.376 e. The topological polar surface area (TPSA) is 79.4 Å². The van der Waals surface area contributed by atoms with Crippen LogP contribution in [-0.4, -0.2) is 30.7 Å². The third kappa shape index (κ3) is 2.51. The summed E-state index contributed by atoms with van der Waals surface area (Å²) in [6.07, 6.45) is 0.978. The molecule has 1 heterocycles. The van der Waals surface area contributed by atoms with Crippen molar-refractivity contribution in [1.82, 2.24) is 0 Å². The number of nitriles is 1. The minimum atomic E-state index is -0.494. The summed E-state index contributed by atoms with van der Waals surface area (Å²) < 4.78 is 5.51. The first-order chi connectivity index (χ1) is 9.04. The quantitative estimate of drug-likeness (QED) is 0.614. The maximum Gasteiger partial charge on any atom is 0.270 e. The van der Waals surface area contributed by atoms with Gasteiger partial charge in [0.2, 0.25) is 0 Å². The lowest BCUT2D eigenvalue weighted by Crippen LogP contribution is -2.37. The van der Waals surface area contributed by atoms with Gasteiger partial charge in [0.25, 0.3) is 5.69 Å². The van der Waals surface area contributed by atoms with Gasteiger partial charge in [-0.2, -0.15) is 5.26 Å². The summed E-state index contributed by atoms with van der Waals surface area (Å²) in [5.41, 5.74) is 0.954. The molecule has 1 saturated heterocycles. The molecule has 0 radical (unpaired) electrons. The van der Waals surface area contributed by atoms with Crippen LogP contribution < -0.4 is 4.90 Å². The highest BCUT2D eigenvalue weighted by Crippen LogP contribution is 2.29. The fourth-order valence-corrected chi connectivity index (χ4v) is 2.44. The standard InChI is InChI=1S/C13H15N3O3/c1-9-12(5-6-19-9)15(2)13-4-3-11(16(17)18)7-10(13)8-14/h3-4,7,9,12H,5-6H2,1-2H3. The Morgan fingerprint density at radius 2 is 2.32 bits per heavy atom. The van der Waals surface area contributed by atoms with Crippen molar-refractivity contribution in [3.05, 3.63) is 33.9 Å². The molecule has 6 heteroatoms. The monoisotopic (exact) mass is 261 g/mol. The molecule has 2 unspecified atom stereocenters. The van der Waals surface area contributed by atoms with Gasteiger partial charge in [-0.15, -0.1) is 0 Å². The summed E-state index contributed by atoms with van der Waals surface area (Å²) >= 11 is 0. The van der Waals surface area contributed by atoms with Gasteiger partial charge in [-0.1, -0.05) is 0 Å². The number of nitrogens with zero attached hydrogens (tertiary/aromatic N) is 3. The Labute approximate surface area is 111 Å². The van der Waals surface area contributed by atoms with Crippen LogP contribution in [0.15, 0.2) is 18.2 Å². The first kappa shape index (κ1) is 13.3. The second-order valence-corrected chi connectivity index (χ2v) is 4.61. The molecule has 1 aromatic rings. The summed E-state index contributed by atoms with van der Waals surface area (Å²) in [6.45, 7) is 2.69. The third-order valence-corrected chi connectivity index (χ3v) is 3.53. The van der Waals surface area contributed by atoms with E-state index in [2.05, 4.69) is 0 Å². The molecule has 1 aliphatic heterocycles. The number of benzene rings is 1. The maximum atomic E-state index is 10.7. The van der Waals surface area contributed by atoms with Crippen molar-refractivity contribution in [3.63, 3.8) is 0 Å². The van der Waals surface area contributed by atoms with Crippen molar-refractivity contribution in [2.75, 3.05) is 18.6 Å². The molecule has 0 aliphatic carbocycles. The number of nitro groups is 1. The van der Waals surface area contributed by atoms with Gasteiger partial charge < -0.3 is 9.64 Å². The van der Waals surface area contributed by atoms with Crippen LogP contribution in [0.3, 0.4) is 0 Å². The Kier molecular flexibility index (Phi) is 3.67. The summed E-state index contributed by atoms with van der Waals surface area (Å²) in [7, 11) is 1.89. The lowest BCUT2D eigenvalue weighted by Gasteiger charge is -2.29. The van der Waals surface area contributed by atoms with Crippen molar-refractivity contribution < 1.29 is 9.66 Å². The van der Waals surface area contributed by atoms with Gasteiger partial charge in [-0.3, -0.25) is 10.1 Å². The van der Waals surface area contributed by atoms with E-state index in [1.165, 1.54) is 12.1 Å². The number of ether oxygens (including phenoxy) is 1. The fourth-order valence-electron chi connectivity index (χ4n) is 2.44. The number of likely N-dealkylation sites (N-methyl/N-ethyl adjacent to an activating group) is 1. The van der Waals surface area contributed by atoms with Gasteiger partial charge in [0, 0.05) is 25.8 Å². The number of hydrogen-bond donors (Lipinski definition) is 0. The lowest BCUT2D eigenvalue weighted by molar-refractivity contribution is -0.384. The Bertz CT molecular complexity index is 538. The minimum absolute atomic E-state index is 0.0654. The zero-order valence-corrected chi connectivity index (χ0v) is 10.9. The number of rotatable bonds is 3. The van der Waals surface area contributed by atoms with E-state index in [0.29, 0.717) is 17.9 Å². The van der Waals surface area contributed by atoms with Crippen molar-refractivity contribution in [1.29, 1.82) is 5.26 Å². The number of anilines is 1. The summed E-state index contributed by atoms with van der Waals surface area (Å²) in [5.74, 6) is 0. The molecular weight excluding hydrogens is 246 g/mol. The molecule has 19 heavy (non-hydrogen) atoms. The molecule has 0 aromatic heterocycles. The van der Waals surface area contributed by atoms with Gasteiger partial charge in [0.1, 0.15) is 6.07 Å². The molecule has 1 aromatic carbocycles. The largest absolute Gasteiger partial charge is 0.376 e. The molecule has 1 aliphatic rings. The van der Waals surface area contributed by atoms with E-state index < -0.39 is 4.92 Å². The smallest absolute Gasteiger partial charge is 0.270 e. The van der Waals surface area contributed by atoms with Crippen LogP contribution in [0, 0.1) is 21.4 Å². The average molecular weight is 261 g/mol. The highest BCUT2D eigenvalue weighted by Gasteiger charge is 2.29. The summed E-state index contributed by atoms with van der Waals surface area (Å²) in [6, 6.07) is 6.57. The number of non-ortho nitro benzene ring substituents is 1. The van der Waals surface area contributed by atoms with Gasteiger partial charge >= 0.3 is 0 Å². The third-order valence-electron chi connectivity index (χ3n) is 3.53. The van der Waals surface area contributed by atoms with E-state index in [-0.39, 0.29) is 17.8 Å². The van der Waals surface area contributed by atoms with E-state index in [4.69, 9.17) is 10.00 Å². The Morgan fingerprint density at radius 1 is 1.58 bits per heavy atom. The molecule has 6 nitrogen and oxygen atoms in total. The Morgan fingerprint density at radius 3 is 2.84 bits per heavy atom. The van der Waals surface area contributed by atoms with Gasteiger partial charge in [-0.05, 0) is 19.4 Å². The van der Waals surface area contributed by atoms with E-state index in [1.54, 1.807) is 6.07 Å². The van der Waals surface area contributed by atoms with E-state index in [0.717, 1.165) is 6.42 Å². The van der Waals surface area contributed by atoms with E-state index >= 15 is 0 Å². The number of hydrogen-bond acceptors (Lipinski definition) is 5. The van der Waals surface area contributed by atoms with Crippen LogP contribution in [0.5, 0.6) is 0 Å². The zero-order valence-electron chi connectivity index (χ0n) is 10.9. The van der Waals surface area contributed by atoms with Crippen LogP contribution in [0.4, 0.5) is 11.4 Å². The van der Waals surface area contributed by atoms with E-state index in [1.807, 2.05) is 24.9 Å². The zero-order chi connectivity index (χ0) is 14.0. The van der Waals surface area contributed by atoms with Crippen LogP contribution in [0.2, 0.25) is 0 Å². The van der Waals surface area contributed by atoms with Gasteiger partial charge in [-0.25, -0.2) is 0 Å². The van der Waals surface area contributed by atoms with Crippen LogP contribution in [0.25, 0.3) is 0 Å². The van der Waals surface area contributed by atoms with Crippen molar-refractivity contribution in [3.8, 4) is 6.07 Å². The molecule has 100 valence electrons. The molecule has 2 atom stereocenters. The number of nitro benzene ring substituents is 1. The normalized spacial score (nSPS) is 21.9. The average Bonchev–Trinajstić information content (AvgIpc) is 2.83. The second-order valence-electron chi connectivity index (χ2n) is 4.61. The molecule has 2 rings (SSSR count). The van der Waals surface area contributed by atoms with Gasteiger partial charge in [0.15, 0.2) is 0 Å². The van der Waals surface area contributed by atoms with Crippen molar-refractivity contribution in [2.45, 2.75) is 25.5 Å². The highest BCUT2D eigenvalue weighted by atomic mass is 16.6. The summed E-state index contributed by atoms with van der Waals surface area (Å²) in [4.78, 5) is 12.2. The lowest BCUT2D eigenvalue weighted by atomic mass is 10.1. The fraction of sp³-hybridized carbons (Fsp3) is 0.462. The molecular formula is C13H15N3O3. The predicted molar refractivity (Wildman–Crippen MR) is 70.0 cm³/mol. The van der Waals surface area contributed by atoms with Crippen LogP contribution in [0.1, 0.15) is 18.9 Å². The molecule has 0 spiro atoms. The highest BCUT2D eigenvalue weighted by molar-refractivity contribution is 5.63. The van der Waals surface area contributed by atoms with Crippen molar-refractivity contribution >= 4 is 11.4 Å². The molecule has 0 bridgehead atoms. The second kappa shape index (κ2) is 5.24. The molecule has 0 amide bonds. The SMILES string of the molecule is CC1OCCC1N(C)c1ccc([N+](=O)[O-])cc1C#N.